The molecule has 0 saturated carbocycles. The summed E-state index contributed by atoms with van der Waals surface area (Å²) in [6.45, 7) is 0. The van der Waals surface area contributed by atoms with Gasteiger partial charge in [-0.15, -0.1) is 11.3 Å². The Morgan fingerprint density at radius 3 is 2.71 bits per heavy atom. The first kappa shape index (κ1) is 14.9. The van der Waals surface area contributed by atoms with Gasteiger partial charge >= 0.3 is 0 Å². The normalized spacial score (nSPS) is 10.8. The SMILES string of the molecule is O=C(Nc1cccc(Br)c1)c1sc2cc(Cl)ccc2c1Cl. The van der Waals surface area contributed by atoms with Crippen molar-refractivity contribution < 1.29 is 4.79 Å². The number of nitrogens with one attached hydrogen (secondary N) is 1. The molecule has 0 fully saturated rings. The molecular weight excluding hydrogens is 393 g/mol. The zero-order chi connectivity index (χ0) is 15.0. The second-order valence-electron chi connectivity index (χ2n) is 4.35. The molecule has 0 radical (unpaired) electrons. The van der Waals surface area contributed by atoms with E-state index in [0.29, 0.717) is 20.6 Å². The lowest BCUT2D eigenvalue weighted by atomic mass is 10.2. The van der Waals surface area contributed by atoms with Gasteiger partial charge in [-0.05, 0) is 30.3 Å². The monoisotopic (exact) mass is 399 g/mol. The molecular formula is C15H8BrCl2NOS. The fourth-order valence-corrected chi connectivity index (χ4v) is 4.03. The number of anilines is 1. The molecule has 3 rings (SSSR count). The van der Waals surface area contributed by atoms with E-state index in [2.05, 4.69) is 21.2 Å². The smallest absolute Gasteiger partial charge is 0.267 e. The van der Waals surface area contributed by atoms with Gasteiger partial charge in [-0.25, -0.2) is 0 Å². The van der Waals surface area contributed by atoms with Gasteiger partial charge in [0.05, 0.1) is 5.02 Å². The lowest BCUT2D eigenvalue weighted by Crippen LogP contribution is -2.10. The summed E-state index contributed by atoms with van der Waals surface area (Å²) in [5.41, 5.74) is 0.709. The van der Waals surface area contributed by atoms with Crippen molar-refractivity contribution in [3.63, 3.8) is 0 Å². The molecule has 0 bridgehead atoms. The number of hydrogen-bond donors (Lipinski definition) is 1. The number of halogens is 3. The van der Waals surface area contributed by atoms with Crippen LogP contribution >= 0.6 is 50.5 Å². The molecule has 21 heavy (non-hydrogen) atoms. The van der Waals surface area contributed by atoms with E-state index >= 15 is 0 Å². The van der Waals surface area contributed by atoms with Gasteiger partial charge in [-0.1, -0.05) is 51.3 Å². The van der Waals surface area contributed by atoms with Gasteiger partial charge < -0.3 is 5.32 Å². The average molecular weight is 401 g/mol. The Balaban J connectivity index is 1.96. The molecule has 3 aromatic rings. The zero-order valence-corrected chi connectivity index (χ0v) is 14.4. The van der Waals surface area contributed by atoms with Crippen molar-refractivity contribution >= 4 is 72.1 Å². The average Bonchev–Trinajstić information content (AvgIpc) is 2.75. The minimum absolute atomic E-state index is 0.226. The highest BCUT2D eigenvalue weighted by molar-refractivity contribution is 9.10. The summed E-state index contributed by atoms with van der Waals surface area (Å²) in [5, 5.41) is 4.76. The van der Waals surface area contributed by atoms with Crippen molar-refractivity contribution in [3.8, 4) is 0 Å². The van der Waals surface area contributed by atoms with E-state index < -0.39 is 0 Å². The van der Waals surface area contributed by atoms with Crippen LogP contribution in [0.4, 0.5) is 5.69 Å². The van der Waals surface area contributed by atoms with Gasteiger partial charge in [0.1, 0.15) is 4.88 Å². The summed E-state index contributed by atoms with van der Waals surface area (Å²) in [4.78, 5) is 12.8. The predicted molar refractivity (Wildman–Crippen MR) is 93.9 cm³/mol. The molecule has 0 spiro atoms. The van der Waals surface area contributed by atoms with Crippen LogP contribution in [0.2, 0.25) is 10.0 Å². The topological polar surface area (TPSA) is 29.1 Å². The molecule has 0 unspecified atom stereocenters. The van der Waals surface area contributed by atoms with Crippen molar-refractivity contribution in [1.29, 1.82) is 0 Å². The Labute approximate surface area is 143 Å². The van der Waals surface area contributed by atoms with E-state index in [-0.39, 0.29) is 5.91 Å². The third-order valence-corrected chi connectivity index (χ3v) is 5.26. The number of carbonyl (C=O) groups is 1. The molecule has 1 heterocycles. The fraction of sp³-hybridized carbons (Fsp3) is 0. The van der Waals surface area contributed by atoms with E-state index in [4.69, 9.17) is 23.2 Å². The maximum absolute atomic E-state index is 12.4. The maximum atomic E-state index is 12.4. The fourth-order valence-electron chi connectivity index (χ4n) is 1.94. The first-order chi connectivity index (χ1) is 10.0. The highest BCUT2D eigenvalue weighted by Crippen LogP contribution is 2.37. The molecule has 0 saturated heterocycles. The molecule has 1 amide bonds. The molecule has 0 aliphatic rings. The Morgan fingerprint density at radius 1 is 1.14 bits per heavy atom. The van der Waals surface area contributed by atoms with Crippen LogP contribution in [0.5, 0.6) is 0 Å². The van der Waals surface area contributed by atoms with Crippen molar-refractivity contribution in [2.45, 2.75) is 0 Å². The number of thiophene rings is 1. The van der Waals surface area contributed by atoms with Gasteiger partial charge in [-0.3, -0.25) is 4.79 Å². The number of hydrogen-bond acceptors (Lipinski definition) is 2. The van der Waals surface area contributed by atoms with E-state index in [1.54, 1.807) is 6.07 Å². The van der Waals surface area contributed by atoms with Gasteiger partial charge in [0, 0.05) is 25.3 Å². The number of benzene rings is 2. The number of fused-ring (bicyclic) bond motifs is 1. The number of rotatable bonds is 2. The summed E-state index contributed by atoms with van der Waals surface area (Å²) in [6, 6.07) is 12.8. The van der Waals surface area contributed by atoms with Crippen LogP contribution < -0.4 is 5.32 Å². The molecule has 1 N–H and O–H groups in total. The highest BCUT2D eigenvalue weighted by Gasteiger charge is 2.17. The first-order valence-electron chi connectivity index (χ1n) is 5.99. The Morgan fingerprint density at radius 2 is 1.95 bits per heavy atom. The van der Waals surface area contributed by atoms with Crippen molar-refractivity contribution in [2.24, 2.45) is 0 Å². The van der Waals surface area contributed by atoms with Crippen molar-refractivity contribution in [3.05, 3.63) is 61.9 Å². The molecule has 1 aromatic heterocycles. The van der Waals surface area contributed by atoms with Crippen LogP contribution in [0.1, 0.15) is 9.67 Å². The maximum Gasteiger partial charge on any atom is 0.267 e. The van der Waals surface area contributed by atoms with E-state index in [9.17, 15) is 4.79 Å². The summed E-state index contributed by atoms with van der Waals surface area (Å²) in [7, 11) is 0. The van der Waals surface area contributed by atoms with Crippen LogP contribution in [-0.4, -0.2) is 5.91 Å². The minimum atomic E-state index is -0.226. The van der Waals surface area contributed by atoms with E-state index in [1.807, 2.05) is 36.4 Å². The molecule has 6 heteroatoms. The van der Waals surface area contributed by atoms with Crippen LogP contribution in [-0.2, 0) is 0 Å². The molecule has 0 aliphatic carbocycles. The Kier molecular flexibility index (Phi) is 4.22. The molecule has 2 nitrogen and oxygen atoms in total. The number of amides is 1. The van der Waals surface area contributed by atoms with Gasteiger partial charge in [0.25, 0.3) is 5.91 Å². The summed E-state index contributed by atoms with van der Waals surface area (Å²) < 4.78 is 1.79. The lowest BCUT2D eigenvalue weighted by Gasteiger charge is -2.04. The van der Waals surface area contributed by atoms with Crippen molar-refractivity contribution in [1.82, 2.24) is 0 Å². The molecule has 106 valence electrons. The minimum Gasteiger partial charge on any atom is -0.321 e. The Bertz CT molecular complexity index is 847. The largest absolute Gasteiger partial charge is 0.321 e. The lowest BCUT2D eigenvalue weighted by molar-refractivity contribution is 0.103. The van der Waals surface area contributed by atoms with Crippen LogP contribution in [0.15, 0.2) is 46.9 Å². The standard InChI is InChI=1S/C15H8BrCl2NOS/c16-8-2-1-3-10(6-8)19-15(20)14-13(18)11-5-4-9(17)7-12(11)21-14/h1-7H,(H,19,20). The van der Waals surface area contributed by atoms with E-state index in [0.717, 1.165) is 14.6 Å². The van der Waals surface area contributed by atoms with Gasteiger partial charge in [0.2, 0.25) is 0 Å². The Hall–Kier alpha value is -1.07. The predicted octanol–water partition coefficient (Wildman–Crippen LogP) is 6.22. The quantitative estimate of drug-likeness (QED) is 0.543. The van der Waals surface area contributed by atoms with Crippen LogP contribution in [0.3, 0.4) is 0 Å². The van der Waals surface area contributed by atoms with Gasteiger partial charge in [-0.2, -0.15) is 0 Å². The summed E-state index contributed by atoms with van der Waals surface area (Å²) >= 11 is 17.0. The summed E-state index contributed by atoms with van der Waals surface area (Å²) in [5.74, 6) is -0.226. The zero-order valence-electron chi connectivity index (χ0n) is 10.5. The first-order valence-corrected chi connectivity index (χ1v) is 8.35. The highest BCUT2D eigenvalue weighted by atomic mass is 79.9. The van der Waals surface area contributed by atoms with Crippen molar-refractivity contribution in [2.75, 3.05) is 5.32 Å². The second kappa shape index (κ2) is 5.97. The molecule has 2 aromatic carbocycles. The second-order valence-corrected chi connectivity index (χ2v) is 7.13. The third kappa shape index (κ3) is 3.09. The third-order valence-electron chi connectivity index (χ3n) is 2.88. The van der Waals surface area contributed by atoms with Gasteiger partial charge in [0.15, 0.2) is 0 Å². The van der Waals surface area contributed by atoms with Crippen LogP contribution in [0, 0.1) is 0 Å². The summed E-state index contributed by atoms with van der Waals surface area (Å²) in [6.07, 6.45) is 0. The molecule has 0 atom stereocenters. The molecule has 0 aliphatic heterocycles. The van der Waals surface area contributed by atoms with E-state index in [1.165, 1.54) is 11.3 Å². The number of carbonyl (C=O) groups excluding carboxylic acids is 1. The van der Waals surface area contributed by atoms with Crippen LogP contribution in [0.25, 0.3) is 10.1 Å².